The first kappa shape index (κ1) is 12.5. The summed E-state index contributed by atoms with van der Waals surface area (Å²) >= 11 is 0. The van der Waals surface area contributed by atoms with Crippen molar-refractivity contribution < 1.29 is 0 Å². The first-order valence-electron chi connectivity index (χ1n) is 6.10. The van der Waals surface area contributed by atoms with E-state index in [1.54, 1.807) is 0 Å². The van der Waals surface area contributed by atoms with E-state index in [2.05, 4.69) is 25.7 Å². The van der Waals surface area contributed by atoms with Crippen LogP contribution in [0.15, 0.2) is 0 Å². The van der Waals surface area contributed by atoms with E-state index >= 15 is 0 Å². The fourth-order valence-corrected chi connectivity index (χ4v) is 2.40. The molecule has 0 radical (unpaired) electrons. The summed E-state index contributed by atoms with van der Waals surface area (Å²) < 4.78 is 0. The van der Waals surface area contributed by atoms with Crippen molar-refractivity contribution >= 4 is 5.84 Å². The maximum atomic E-state index is 7.57. The van der Waals surface area contributed by atoms with Gasteiger partial charge in [-0.05, 0) is 37.8 Å². The van der Waals surface area contributed by atoms with Crippen molar-refractivity contribution in [3.63, 3.8) is 0 Å². The maximum Gasteiger partial charge on any atom is 0.108 e. The summed E-state index contributed by atoms with van der Waals surface area (Å²) in [4.78, 5) is 2.37. The highest BCUT2D eigenvalue weighted by Crippen LogP contribution is 2.34. The average Bonchev–Trinajstić information content (AvgIpc) is 2.22. The molecule has 1 atom stereocenters. The number of piperidine rings is 1. The minimum Gasteiger partial charge on any atom is -0.386 e. The van der Waals surface area contributed by atoms with Crippen LogP contribution in [0, 0.1) is 10.8 Å². The zero-order valence-corrected chi connectivity index (χ0v) is 10.3. The topological polar surface area (TPSA) is 53.1 Å². The van der Waals surface area contributed by atoms with Gasteiger partial charge in [-0.1, -0.05) is 27.2 Å². The fourth-order valence-electron chi connectivity index (χ4n) is 2.40. The van der Waals surface area contributed by atoms with Crippen molar-refractivity contribution in [3.8, 4) is 0 Å². The predicted molar refractivity (Wildman–Crippen MR) is 65.2 cm³/mol. The molecule has 0 amide bonds. The molecule has 3 heteroatoms. The zero-order chi connectivity index (χ0) is 11.5. The second-order valence-electron chi connectivity index (χ2n) is 5.08. The van der Waals surface area contributed by atoms with E-state index in [-0.39, 0.29) is 6.04 Å². The Morgan fingerprint density at radius 3 is 2.27 bits per heavy atom. The van der Waals surface area contributed by atoms with E-state index in [4.69, 9.17) is 11.1 Å². The first-order chi connectivity index (χ1) is 7.02. The quantitative estimate of drug-likeness (QED) is 0.553. The van der Waals surface area contributed by atoms with Crippen LogP contribution in [0.4, 0.5) is 0 Å². The van der Waals surface area contributed by atoms with Crippen molar-refractivity contribution in [1.82, 2.24) is 4.90 Å². The lowest BCUT2D eigenvalue weighted by Gasteiger charge is -2.41. The summed E-state index contributed by atoms with van der Waals surface area (Å²) in [5, 5.41) is 7.57. The van der Waals surface area contributed by atoms with Gasteiger partial charge in [-0.2, -0.15) is 0 Å². The lowest BCUT2D eigenvalue weighted by atomic mass is 9.78. The van der Waals surface area contributed by atoms with Crippen LogP contribution < -0.4 is 5.73 Å². The van der Waals surface area contributed by atoms with Gasteiger partial charge in [-0.15, -0.1) is 0 Å². The van der Waals surface area contributed by atoms with Gasteiger partial charge in [0, 0.05) is 0 Å². The minimum atomic E-state index is 0.173. The lowest BCUT2D eigenvalue weighted by molar-refractivity contribution is 0.0988. The fraction of sp³-hybridized carbons (Fsp3) is 0.917. The van der Waals surface area contributed by atoms with Gasteiger partial charge >= 0.3 is 0 Å². The highest BCUT2D eigenvalue weighted by Gasteiger charge is 2.31. The molecule has 15 heavy (non-hydrogen) atoms. The molecule has 1 rings (SSSR count). The van der Waals surface area contributed by atoms with Crippen molar-refractivity contribution in [1.29, 1.82) is 5.41 Å². The molecule has 1 aliphatic rings. The molecule has 1 saturated heterocycles. The maximum absolute atomic E-state index is 7.57. The second-order valence-corrected chi connectivity index (χ2v) is 5.08. The van der Waals surface area contributed by atoms with Gasteiger partial charge in [0.05, 0.1) is 6.04 Å². The highest BCUT2D eigenvalue weighted by molar-refractivity contribution is 5.82. The predicted octanol–water partition coefficient (Wildman–Crippen LogP) is 2.21. The van der Waals surface area contributed by atoms with Gasteiger partial charge in [-0.3, -0.25) is 10.3 Å². The molecule has 3 N–H and O–H groups in total. The summed E-state index contributed by atoms with van der Waals surface area (Å²) in [6.45, 7) is 8.96. The van der Waals surface area contributed by atoms with Crippen LogP contribution in [0.1, 0.15) is 46.5 Å². The van der Waals surface area contributed by atoms with E-state index in [0.717, 1.165) is 19.5 Å². The van der Waals surface area contributed by atoms with E-state index in [1.165, 1.54) is 19.3 Å². The third kappa shape index (κ3) is 2.94. The van der Waals surface area contributed by atoms with Gasteiger partial charge in [0.1, 0.15) is 5.84 Å². The van der Waals surface area contributed by atoms with Crippen LogP contribution in [-0.4, -0.2) is 29.9 Å². The van der Waals surface area contributed by atoms with E-state index in [0.29, 0.717) is 11.3 Å². The molecule has 88 valence electrons. The van der Waals surface area contributed by atoms with Crippen LogP contribution >= 0.6 is 0 Å². The molecular weight excluding hydrogens is 186 g/mol. The molecular formula is C12H25N3. The largest absolute Gasteiger partial charge is 0.386 e. The Labute approximate surface area is 93.5 Å². The molecule has 1 fully saturated rings. The number of hydrogen-bond acceptors (Lipinski definition) is 2. The summed E-state index contributed by atoms with van der Waals surface area (Å²) in [5.74, 6) is 0.331. The van der Waals surface area contributed by atoms with E-state index in [9.17, 15) is 0 Å². The molecule has 1 aliphatic heterocycles. The number of amidine groups is 1. The third-order valence-corrected chi connectivity index (χ3v) is 4.05. The number of likely N-dealkylation sites (tertiary alicyclic amines) is 1. The zero-order valence-electron chi connectivity index (χ0n) is 10.3. The van der Waals surface area contributed by atoms with Crippen molar-refractivity contribution in [2.75, 3.05) is 13.1 Å². The normalized spacial score (nSPS) is 23.7. The molecule has 0 aliphatic carbocycles. The van der Waals surface area contributed by atoms with Crippen LogP contribution in [0.2, 0.25) is 0 Å². The van der Waals surface area contributed by atoms with Crippen LogP contribution in [0.3, 0.4) is 0 Å². The molecule has 0 aromatic heterocycles. The van der Waals surface area contributed by atoms with Crippen LogP contribution in [0.5, 0.6) is 0 Å². The summed E-state index contributed by atoms with van der Waals surface area (Å²) in [5.41, 5.74) is 6.14. The molecule has 3 nitrogen and oxygen atoms in total. The highest BCUT2D eigenvalue weighted by atomic mass is 15.2. The number of nitrogens with one attached hydrogen (secondary N) is 1. The van der Waals surface area contributed by atoms with E-state index < -0.39 is 0 Å². The Morgan fingerprint density at radius 1 is 1.40 bits per heavy atom. The third-order valence-electron chi connectivity index (χ3n) is 4.05. The van der Waals surface area contributed by atoms with Crippen molar-refractivity contribution in [2.24, 2.45) is 11.1 Å². The second kappa shape index (κ2) is 4.97. The SMILES string of the molecule is CCC(C(=N)N)N1CCC(C)(CC)CC1. The van der Waals surface area contributed by atoms with Gasteiger partial charge in [0.25, 0.3) is 0 Å². The number of hydrogen-bond donors (Lipinski definition) is 2. The molecule has 0 bridgehead atoms. The average molecular weight is 211 g/mol. The Morgan fingerprint density at radius 2 is 1.93 bits per heavy atom. The molecule has 0 spiro atoms. The Bertz CT molecular complexity index is 217. The number of nitrogens with two attached hydrogens (primary N) is 1. The van der Waals surface area contributed by atoms with Crippen molar-refractivity contribution in [2.45, 2.75) is 52.5 Å². The summed E-state index contributed by atoms with van der Waals surface area (Å²) in [6, 6.07) is 0.173. The standard InChI is InChI=1S/C12H25N3/c1-4-10(11(13)14)15-8-6-12(3,5-2)7-9-15/h10H,4-9H2,1-3H3,(H3,13,14). The number of nitrogens with zero attached hydrogens (tertiary/aromatic N) is 1. The molecule has 1 unspecified atom stereocenters. The summed E-state index contributed by atoms with van der Waals surface area (Å²) in [6.07, 6.45) is 4.70. The minimum absolute atomic E-state index is 0.173. The lowest BCUT2D eigenvalue weighted by Crippen LogP contribution is -2.49. The smallest absolute Gasteiger partial charge is 0.108 e. The van der Waals surface area contributed by atoms with Crippen LogP contribution in [0.25, 0.3) is 0 Å². The molecule has 1 heterocycles. The number of rotatable bonds is 4. The molecule has 0 saturated carbocycles. The van der Waals surface area contributed by atoms with E-state index in [1.807, 2.05) is 0 Å². The Balaban J connectivity index is 2.52. The van der Waals surface area contributed by atoms with Gasteiger partial charge < -0.3 is 5.73 Å². The van der Waals surface area contributed by atoms with Gasteiger partial charge in [-0.25, -0.2) is 0 Å². The molecule has 0 aromatic carbocycles. The Hall–Kier alpha value is -0.570. The van der Waals surface area contributed by atoms with Gasteiger partial charge in [0.2, 0.25) is 0 Å². The molecule has 0 aromatic rings. The van der Waals surface area contributed by atoms with Crippen molar-refractivity contribution in [3.05, 3.63) is 0 Å². The van der Waals surface area contributed by atoms with Crippen LogP contribution in [-0.2, 0) is 0 Å². The Kier molecular flexibility index (Phi) is 4.14. The monoisotopic (exact) mass is 211 g/mol. The summed E-state index contributed by atoms with van der Waals surface area (Å²) in [7, 11) is 0. The van der Waals surface area contributed by atoms with Gasteiger partial charge in [0.15, 0.2) is 0 Å². The first-order valence-corrected chi connectivity index (χ1v) is 6.10.